The van der Waals surface area contributed by atoms with Crippen LogP contribution in [0.1, 0.15) is 21.7 Å². The van der Waals surface area contributed by atoms with Gasteiger partial charge in [-0.25, -0.2) is 0 Å². The van der Waals surface area contributed by atoms with Crippen LogP contribution in [0, 0.1) is 0 Å². The molecule has 2 aromatic heterocycles. The van der Waals surface area contributed by atoms with Crippen molar-refractivity contribution in [2.45, 2.75) is 13.1 Å². The Morgan fingerprint density at radius 2 is 1.96 bits per heavy atom. The van der Waals surface area contributed by atoms with Crippen molar-refractivity contribution in [1.29, 1.82) is 0 Å². The minimum absolute atomic E-state index is 0.0557. The third-order valence-corrected chi connectivity index (χ3v) is 4.97. The number of aromatic amines is 1. The van der Waals surface area contributed by atoms with Gasteiger partial charge in [0.05, 0.1) is 25.1 Å². The van der Waals surface area contributed by atoms with Crippen LogP contribution < -0.4 is 10.7 Å². The molecule has 0 atom stereocenters. The zero-order valence-corrected chi connectivity index (χ0v) is 15.9. The van der Waals surface area contributed by atoms with E-state index in [4.69, 9.17) is 20.8 Å². The first kappa shape index (κ1) is 18.7. The smallest absolute Gasteiger partial charge is 0.257 e. The van der Waals surface area contributed by atoms with Crippen LogP contribution >= 0.6 is 11.6 Å². The average Bonchev–Trinajstić information content (AvgIpc) is 3.12. The second-order valence-electron chi connectivity index (χ2n) is 6.68. The summed E-state index contributed by atoms with van der Waals surface area (Å²) in [7, 11) is 0. The van der Waals surface area contributed by atoms with Crippen LogP contribution in [0.4, 0.5) is 0 Å². The number of benzene rings is 1. The Morgan fingerprint density at radius 3 is 2.71 bits per heavy atom. The van der Waals surface area contributed by atoms with Crippen molar-refractivity contribution >= 4 is 28.6 Å². The first-order valence-electron chi connectivity index (χ1n) is 9.07. The van der Waals surface area contributed by atoms with E-state index in [0.29, 0.717) is 48.2 Å². The number of furan rings is 1. The molecule has 1 amide bonds. The van der Waals surface area contributed by atoms with E-state index >= 15 is 0 Å². The Labute approximate surface area is 166 Å². The number of hydrogen-bond donors (Lipinski definition) is 2. The van der Waals surface area contributed by atoms with Gasteiger partial charge in [0, 0.05) is 30.9 Å². The SMILES string of the molecule is O=C(NCc1ccc(Cl)cc1)c1c[nH]c2oc(CN3CCOCC3)cc2c1=O. The van der Waals surface area contributed by atoms with Gasteiger partial charge in [0.15, 0.2) is 0 Å². The lowest BCUT2D eigenvalue weighted by Crippen LogP contribution is -2.35. The molecular weight excluding hydrogens is 382 g/mol. The third kappa shape index (κ3) is 4.11. The number of carbonyl (C=O) groups excluding carboxylic acids is 1. The Balaban J connectivity index is 1.49. The number of aromatic nitrogens is 1. The van der Waals surface area contributed by atoms with E-state index in [1.165, 1.54) is 6.20 Å². The lowest BCUT2D eigenvalue weighted by Gasteiger charge is -2.25. The predicted molar refractivity (Wildman–Crippen MR) is 106 cm³/mol. The highest BCUT2D eigenvalue weighted by Gasteiger charge is 2.18. The van der Waals surface area contributed by atoms with Crippen molar-refractivity contribution in [2.75, 3.05) is 26.3 Å². The van der Waals surface area contributed by atoms with Gasteiger partial charge in [-0.2, -0.15) is 0 Å². The summed E-state index contributed by atoms with van der Waals surface area (Å²) < 4.78 is 11.1. The number of ether oxygens (including phenoxy) is 1. The Morgan fingerprint density at radius 1 is 1.21 bits per heavy atom. The molecule has 0 radical (unpaired) electrons. The van der Waals surface area contributed by atoms with Crippen molar-refractivity contribution in [3.05, 3.63) is 68.7 Å². The van der Waals surface area contributed by atoms with Gasteiger partial charge in [-0.1, -0.05) is 23.7 Å². The van der Waals surface area contributed by atoms with Crippen LogP contribution in [-0.4, -0.2) is 42.1 Å². The summed E-state index contributed by atoms with van der Waals surface area (Å²) >= 11 is 5.86. The van der Waals surface area contributed by atoms with Crippen molar-refractivity contribution in [3.63, 3.8) is 0 Å². The number of hydrogen-bond acceptors (Lipinski definition) is 5. The van der Waals surface area contributed by atoms with E-state index in [2.05, 4.69) is 15.2 Å². The van der Waals surface area contributed by atoms with E-state index < -0.39 is 5.91 Å². The normalized spacial score (nSPS) is 15.0. The molecule has 28 heavy (non-hydrogen) atoms. The number of carbonyl (C=O) groups is 1. The van der Waals surface area contributed by atoms with Gasteiger partial charge in [0.1, 0.15) is 11.3 Å². The summed E-state index contributed by atoms with van der Waals surface area (Å²) in [5.41, 5.74) is 0.980. The van der Waals surface area contributed by atoms with E-state index in [1.807, 2.05) is 12.1 Å². The molecule has 4 rings (SSSR count). The number of nitrogens with one attached hydrogen (secondary N) is 2. The van der Waals surface area contributed by atoms with Gasteiger partial charge in [-0.3, -0.25) is 14.5 Å². The van der Waals surface area contributed by atoms with Gasteiger partial charge in [0.2, 0.25) is 11.1 Å². The molecule has 1 aliphatic rings. The van der Waals surface area contributed by atoms with Crippen LogP contribution in [0.5, 0.6) is 0 Å². The molecule has 1 aromatic carbocycles. The maximum absolute atomic E-state index is 12.7. The van der Waals surface area contributed by atoms with Crippen LogP contribution in [-0.2, 0) is 17.8 Å². The summed E-state index contributed by atoms with van der Waals surface area (Å²) in [5.74, 6) is 0.248. The molecule has 0 spiro atoms. The maximum Gasteiger partial charge on any atom is 0.257 e. The first-order chi connectivity index (χ1) is 13.6. The van der Waals surface area contributed by atoms with Crippen LogP contribution in [0.15, 0.2) is 45.7 Å². The molecule has 1 aliphatic heterocycles. The number of fused-ring (bicyclic) bond motifs is 1. The van der Waals surface area contributed by atoms with Gasteiger partial charge >= 0.3 is 0 Å². The lowest BCUT2D eigenvalue weighted by molar-refractivity contribution is 0.0315. The molecule has 0 unspecified atom stereocenters. The largest absolute Gasteiger partial charge is 0.443 e. The molecule has 0 saturated carbocycles. The molecule has 3 heterocycles. The Bertz CT molecular complexity index is 1040. The monoisotopic (exact) mass is 401 g/mol. The molecule has 8 heteroatoms. The fourth-order valence-electron chi connectivity index (χ4n) is 3.17. The van der Waals surface area contributed by atoms with Crippen molar-refractivity contribution in [3.8, 4) is 0 Å². The molecule has 1 saturated heterocycles. The fourth-order valence-corrected chi connectivity index (χ4v) is 3.30. The fraction of sp³-hybridized carbons (Fsp3) is 0.300. The average molecular weight is 402 g/mol. The molecule has 0 aliphatic carbocycles. The summed E-state index contributed by atoms with van der Waals surface area (Å²) in [4.78, 5) is 30.3. The topological polar surface area (TPSA) is 87.6 Å². The number of rotatable bonds is 5. The summed E-state index contributed by atoms with van der Waals surface area (Å²) in [6.45, 7) is 3.94. The lowest BCUT2D eigenvalue weighted by atomic mass is 10.2. The minimum Gasteiger partial charge on any atom is -0.443 e. The van der Waals surface area contributed by atoms with Crippen LogP contribution in [0.25, 0.3) is 11.1 Å². The zero-order chi connectivity index (χ0) is 19.5. The molecule has 7 nitrogen and oxygen atoms in total. The van der Waals surface area contributed by atoms with Crippen LogP contribution in [0.2, 0.25) is 5.02 Å². The second kappa shape index (κ2) is 8.18. The number of H-pyrrole nitrogens is 1. The van der Waals surface area contributed by atoms with Crippen molar-refractivity contribution in [2.24, 2.45) is 0 Å². The minimum atomic E-state index is -0.436. The molecule has 3 aromatic rings. The highest BCUT2D eigenvalue weighted by Crippen LogP contribution is 2.17. The summed E-state index contributed by atoms with van der Waals surface area (Å²) in [6, 6.07) is 8.86. The number of nitrogens with zero attached hydrogens (tertiary/aromatic N) is 1. The predicted octanol–water partition coefficient (Wildman–Crippen LogP) is 2.54. The number of morpholine rings is 1. The second-order valence-corrected chi connectivity index (χ2v) is 7.12. The Hall–Kier alpha value is -2.61. The standard InChI is InChI=1S/C20H20ClN3O4/c21-14-3-1-13(2-4-14)10-22-19(26)17-11-23-20-16(18(17)25)9-15(28-20)12-24-5-7-27-8-6-24/h1-4,9,11H,5-8,10,12H2,(H,22,26)(H,23,25). The summed E-state index contributed by atoms with van der Waals surface area (Å²) in [6.07, 6.45) is 1.39. The quantitative estimate of drug-likeness (QED) is 0.686. The molecular formula is C20H20ClN3O4. The van der Waals surface area contributed by atoms with E-state index in [9.17, 15) is 9.59 Å². The maximum atomic E-state index is 12.7. The first-order valence-corrected chi connectivity index (χ1v) is 9.45. The van der Waals surface area contributed by atoms with Gasteiger partial charge in [0.25, 0.3) is 5.91 Å². The highest BCUT2D eigenvalue weighted by molar-refractivity contribution is 6.30. The highest BCUT2D eigenvalue weighted by atomic mass is 35.5. The number of halogens is 1. The molecule has 146 valence electrons. The van der Waals surface area contributed by atoms with E-state index in [-0.39, 0.29) is 11.0 Å². The van der Waals surface area contributed by atoms with Crippen LogP contribution in [0.3, 0.4) is 0 Å². The van der Waals surface area contributed by atoms with Crippen molar-refractivity contribution < 1.29 is 13.9 Å². The number of amides is 1. The van der Waals surface area contributed by atoms with E-state index in [1.54, 1.807) is 18.2 Å². The Kier molecular flexibility index (Phi) is 5.47. The summed E-state index contributed by atoms with van der Waals surface area (Å²) in [5, 5.41) is 3.76. The zero-order valence-electron chi connectivity index (χ0n) is 15.2. The van der Waals surface area contributed by atoms with Crippen molar-refractivity contribution in [1.82, 2.24) is 15.2 Å². The van der Waals surface area contributed by atoms with Gasteiger partial charge in [-0.15, -0.1) is 0 Å². The van der Waals surface area contributed by atoms with Gasteiger partial charge in [-0.05, 0) is 23.8 Å². The molecule has 0 bridgehead atoms. The van der Waals surface area contributed by atoms with Gasteiger partial charge < -0.3 is 19.5 Å². The third-order valence-electron chi connectivity index (χ3n) is 4.71. The molecule has 1 fully saturated rings. The number of pyridine rings is 1. The van der Waals surface area contributed by atoms with E-state index in [0.717, 1.165) is 18.7 Å². The molecule has 2 N–H and O–H groups in total.